The summed E-state index contributed by atoms with van der Waals surface area (Å²) in [7, 11) is 0. The molecule has 6 nitrogen and oxygen atoms in total. The zero-order chi connectivity index (χ0) is 19.0. The van der Waals surface area contributed by atoms with E-state index >= 15 is 0 Å². The molecule has 1 aliphatic rings. The summed E-state index contributed by atoms with van der Waals surface area (Å²) in [6.45, 7) is 0. The number of hydrogen-bond donors (Lipinski definition) is 1. The van der Waals surface area contributed by atoms with E-state index in [9.17, 15) is 14.4 Å². The molecule has 0 radical (unpaired) electrons. The van der Waals surface area contributed by atoms with Crippen LogP contribution in [-0.4, -0.2) is 22.7 Å². The minimum absolute atomic E-state index is 0.138. The molecule has 2 aromatic carbocycles. The van der Waals surface area contributed by atoms with Gasteiger partial charge in [-0.3, -0.25) is 19.4 Å². The molecule has 2 heterocycles. The van der Waals surface area contributed by atoms with Crippen molar-refractivity contribution in [2.45, 2.75) is 0 Å². The number of amides is 3. The fraction of sp³-hybridized carbons (Fsp3) is 0. The number of aromatic nitrogens is 1. The first-order valence-corrected chi connectivity index (χ1v) is 8.44. The minimum Gasteiger partial charge on any atom is -0.322 e. The van der Waals surface area contributed by atoms with E-state index in [0.717, 1.165) is 4.90 Å². The average molecular weight is 378 g/mol. The third-order valence-electron chi connectivity index (χ3n) is 4.15. The lowest BCUT2D eigenvalue weighted by Gasteiger charge is -2.14. The Labute approximate surface area is 159 Å². The molecule has 3 aromatic rings. The first-order chi connectivity index (χ1) is 13.1. The topological polar surface area (TPSA) is 79.4 Å². The molecule has 132 valence electrons. The van der Waals surface area contributed by atoms with Crippen LogP contribution < -0.4 is 10.2 Å². The number of fused-ring (bicyclic) bond motifs is 1. The van der Waals surface area contributed by atoms with Gasteiger partial charge in [0.1, 0.15) is 5.69 Å². The summed E-state index contributed by atoms with van der Waals surface area (Å²) in [4.78, 5) is 42.3. The summed E-state index contributed by atoms with van der Waals surface area (Å²) in [5.41, 5.74) is 1.68. The molecule has 27 heavy (non-hydrogen) atoms. The highest BCUT2D eigenvalue weighted by Crippen LogP contribution is 2.28. The molecule has 1 N–H and O–H groups in total. The van der Waals surface area contributed by atoms with E-state index < -0.39 is 11.8 Å². The monoisotopic (exact) mass is 377 g/mol. The summed E-state index contributed by atoms with van der Waals surface area (Å²) in [5, 5.41) is 3.08. The third-order valence-corrected chi connectivity index (χ3v) is 4.48. The first-order valence-electron chi connectivity index (χ1n) is 8.06. The Morgan fingerprint density at radius 1 is 0.926 bits per heavy atom. The average Bonchev–Trinajstić information content (AvgIpc) is 2.94. The van der Waals surface area contributed by atoms with Crippen LogP contribution >= 0.6 is 11.6 Å². The highest BCUT2D eigenvalue weighted by molar-refractivity contribution is 6.34. The van der Waals surface area contributed by atoms with E-state index in [1.807, 2.05) is 0 Å². The molecule has 1 aliphatic heterocycles. The highest BCUT2D eigenvalue weighted by atomic mass is 35.5. The molecule has 0 bridgehead atoms. The Kier molecular flexibility index (Phi) is 4.18. The predicted octanol–water partition coefficient (Wildman–Crippen LogP) is 3.79. The van der Waals surface area contributed by atoms with Crippen molar-refractivity contribution in [3.8, 4) is 0 Å². The summed E-state index contributed by atoms with van der Waals surface area (Å²) < 4.78 is 0. The molecule has 0 saturated heterocycles. The zero-order valence-electron chi connectivity index (χ0n) is 13.8. The first kappa shape index (κ1) is 16.9. The summed E-state index contributed by atoms with van der Waals surface area (Å²) in [5.74, 6) is -1.24. The van der Waals surface area contributed by atoms with Gasteiger partial charge in [-0.05, 0) is 48.5 Å². The highest BCUT2D eigenvalue weighted by Gasteiger charge is 2.37. The molecular weight excluding hydrogens is 366 g/mol. The van der Waals surface area contributed by atoms with E-state index in [1.165, 1.54) is 6.20 Å². The molecule has 4 rings (SSSR count). The maximum absolute atomic E-state index is 12.5. The van der Waals surface area contributed by atoms with Gasteiger partial charge in [-0.25, -0.2) is 4.90 Å². The van der Waals surface area contributed by atoms with Crippen LogP contribution in [0.3, 0.4) is 0 Å². The second kappa shape index (κ2) is 6.66. The molecule has 3 amide bonds. The number of carbonyl (C=O) groups excluding carboxylic acids is 3. The number of carbonyl (C=O) groups is 3. The third kappa shape index (κ3) is 2.96. The van der Waals surface area contributed by atoms with Crippen LogP contribution in [0.4, 0.5) is 11.4 Å². The van der Waals surface area contributed by atoms with Gasteiger partial charge in [0, 0.05) is 11.9 Å². The van der Waals surface area contributed by atoms with E-state index in [2.05, 4.69) is 10.3 Å². The molecule has 0 unspecified atom stereocenters. The van der Waals surface area contributed by atoms with Gasteiger partial charge in [0.2, 0.25) is 0 Å². The SMILES string of the molecule is O=C(Nc1ccc(N2C(=O)c3cccnc3C2=O)cc1)c1ccccc1Cl. The number of anilines is 2. The van der Waals surface area contributed by atoms with Crippen molar-refractivity contribution in [2.24, 2.45) is 0 Å². The van der Waals surface area contributed by atoms with E-state index in [0.29, 0.717) is 22.0 Å². The van der Waals surface area contributed by atoms with Crippen molar-refractivity contribution in [2.75, 3.05) is 10.2 Å². The minimum atomic E-state index is -0.469. The summed E-state index contributed by atoms with van der Waals surface area (Å²) in [6.07, 6.45) is 1.47. The van der Waals surface area contributed by atoms with Gasteiger partial charge < -0.3 is 5.32 Å². The maximum Gasteiger partial charge on any atom is 0.284 e. The molecule has 1 aromatic heterocycles. The van der Waals surface area contributed by atoms with Crippen molar-refractivity contribution in [3.05, 3.63) is 88.7 Å². The van der Waals surface area contributed by atoms with Crippen LogP contribution in [-0.2, 0) is 0 Å². The van der Waals surface area contributed by atoms with Crippen LogP contribution in [0.25, 0.3) is 0 Å². The van der Waals surface area contributed by atoms with Crippen molar-refractivity contribution >= 4 is 40.7 Å². The van der Waals surface area contributed by atoms with Crippen molar-refractivity contribution in [1.82, 2.24) is 4.98 Å². The Morgan fingerprint density at radius 2 is 1.67 bits per heavy atom. The lowest BCUT2D eigenvalue weighted by atomic mass is 10.2. The molecule has 0 saturated carbocycles. The van der Waals surface area contributed by atoms with Gasteiger partial charge in [-0.1, -0.05) is 23.7 Å². The Bertz CT molecular complexity index is 1040. The van der Waals surface area contributed by atoms with Crippen molar-refractivity contribution in [1.29, 1.82) is 0 Å². The van der Waals surface area contributed by atoms with Gasteiger partial charge in [0.15, 0.2) is 0 Å². The summed E-state index contributed by atoms with van der Waals surface area (Å²) in [6, 6.07) is 16.3. The number of nitrogens with one attached hydrogen (secondary N) is 1. The number of benzene rings is 2. The van der Waals surface area contributed by atoms with Crippen molar-refractivity contribution < 1.29 is 14.4 Å². The largest absolute Gasteiger partial charge is 0.322 e. The van der Waals surface area contributed by atoms with Gasteiger partial charge in [-0.2, -0.15) is 0 Å². The number of nitrogens with zero attached hydrogens (tertiary/aromatic N) is 2. The molecule has 0 spiro atoms. The number of hydrogen-bond acceptors (Lipinski definition) is 4. The smallest absolute Gasteiger partial charge is 0.284 e. The van der Waals surface area contributed by atoms with Crippen LogP contribution in [0, 0.1) is 0 Å². The number of pyridine rings is 1. The van der Waals surface area contributed by atoms with Gasteiger partial charge >= 0.3 is 0 Å². The molecular formula is C20H12ClN3O3. The fourth-order valence-electron chi connectivity index (χ4n) is 2.84. The maximum atomic E-state index is 12.5. The molecule has 7 heteroatoms. The van der Waals surface area contributed by atoms with Crippen LogP contribution in [0.15, 0.2) is 66.9 Å². The second-order valence-electron chi connectivity index (χ2n) is 5.83. The van der Waals surface area contributed by atoms with Crippen LogP contribution in [0.5, 0.6) is 0 Å². The molecule has 0 aliphatic carbocycles. The summed E-state index contributed by atoms with van der Waals surface area (Å²) >= 11 is 6.02. The van der Waals surface area contributed by atoms with Crippen LogP contribution in [0.1, 0.15) is 31.2 Å². The lowest BCUT2D eigenvalue weighted by Crippen LogP contribution is -2.29. The van der Waals surface area contributed by atoms with Gasteiger partial charge in [-0.15, -0.1) is 0 Å². The zero-order valence-corrected chi connectivity index (χ0v) is 14.6. The van der Waals surface area contributed by atoms with E-state index in [4.69, 9.17) is 11.6 Å². The Morgan fingerprint density at radius 3 is 2.37 bits per heavy atom. The molecule has 0 atom stereocenters. The predicted molar refractivity (Wildman–Crippen MR) is 101 cm³/mol. The number of rotatable bonds is 3. The fourth-order valence-corrected chi connectivity index (χ4v) is 3.06. The number of imide groups is 1. The lowest BCUT2D eigenvalue weighted by molar-refractivity contribution is 0.0923. The normalized spacial score (nSPS) is 12.9. The Hall–Kier alpha value is -3.51. The van der Waals surface area contributed by atoms with Crippen LogP contribution in [0.2, 0.25) is 5.02 Å². The van der Waals surface area contributed by atoms with E-state index in [1.54, 1.807) is 60.7 Å². The van der Waals surface area contributed by atoms with Crippen molar-refractivity contribution in [3.63, 3.8) is 0 Å². The molecule has 0 fully saturated rings. The quantitative estimate of drug-likeness (QED) is 0.704. The Balaban J connectivity index is 1.55. The van der Waals surface area contributed by atoms with Gasteiger partial charge in [0.05, 0.1) is 21.8 Å². The second-order valence-corrected chi connectivity index (χ2v) is 6.23. The standard InChI is InChI=1S/C20H12ClN3O3/c21-16-6-2-1-4-14(16)18(25)23-12-7-9-13(10-8-12)24-19(26)15-5-3-11-22-17(15)20(24)27/h1-11H,(H,23,25). The van der Waals surface area contributed by atoms with Gasteiger partial charge in [0.25, 0.3) is 17.7 Å². The van der Waals surface area contributed by atoms with E-state index in [-0.39, 0.29) is 17.2 Å². The number of halogens is 1.